The van der Waals surface area contributed by atoms with Crippen LogP contribution in [0.2, 0.25) is 0 Å². The molecule has 1 aromatic carbocycles. The molecule has 2 rings (SSSR count). The summed E-state index contributed by atoms with van der Waals surface area (Å²) in [6.07, 6.45) is 2.02. The number of aryl methyl sites for hydroxylation is 1. The molecule has 0 fully saturated rings. The number of ether oxygens (including phenoxy) is 1. The van der Waals surface area contributed by atoms with Crippen molar-refractivity contribution in [2.24, 2.45) is 0 Å². The number of hydrogen-bond acceptors (Lipinski definition) is 4. The number of para-hydroxylation sites is 1. The number of carbonyl (C=O) groups excluding carboxylic acids is 2. The van der Waals surface area contributed by atoms with E-state index in [0.717, 1.165) is 25.1 Å². The fraction of sp³-hybridized carbons (Fsp3) is 0.412. The Balaban J connectivity index is 2.46. The normalized spacial score (nSPS) is 15.1. The molecule has 1 aromatic rings. The van der Waals surface area contributed by atoms with Gasteiger partial charge in [0.2, 0.25) is 0 Å². The molecule has 0 aromatic heterocycles. The van der Waals surface area contributed by atoms with E-state index in [1.807, 2.05) is 30.0 Å². The van der Waals surface area contributed by atoms with Crippen LogP contribution < -0.4 is 4.90 Å². The average Bonchev–Trinajstić information content (AvgIpc) is 2.46. The summed E-state index contributed by atoms with van der Waals surface area (Å²) in [7, 11) is 0. The van der Waals surface area contributed by atoms with Crippen molar-refractivity contribution in [1.82, 2.24) is 0 Å². The lowest BCUT2D eigenvalue weighted by atomic mass is 10.00. The summed E-state index contributed by atoms with van der Waals surface area (Å²) >= 11 is 0. The zero-order valence-corrected chi connectivity index (χ0v) is 12.8. The molecule has 0 N–H and O–H groups in total. The molecule has 1 heterocycles. The second-order valence-electron chi connectivity index (χ2n) is 5.12. The first-order chi connectivity index (χ1) is 10.1. The molecule has 0 bridgehead atoms. The van der Waals surface area contributed by atoms with Gasteiger partial charge in [0.05, 0.1) is 6.61 Å². The summed E-state index contributed by atoms with van der Waals surface area (Å²) in [6, 6.07) is 8.11. The predicted octanol–water partition coefficient (Wildman–Crippen LogP) is 2.87. The number of rotatable bonds is 4. The summed E-state index contributed by atoms with van der Waals surface area (Å²) < 4.78 is 5.02. The van der Waals surface area contributed by atoms with E-state index in [-0.39, 0.29) is 18.0 Å². The van der Waals surface area contributed by atoms with E-state index in [1.165, 1.54) is 12.5 Å². The molecule has 0 saturated heterocycles. The molecule has 0 aliphatic carbocycles. The number of allylic oxidation sites excluding steroid dienone is 1. The van der Waals surface area contributed by atoms with Crippen LogP contribution in [0.3, 0.4) is 0 Å². The van der Waals surface area contributed by atoms with E-state index >= 15 is 0 Å². The molecule has 0 radical (unpaired) electrons. The third-order valence-electron chi connectivity index (χ3n) is 3.71. The fourth-order valence-electron chi connectivity index (χ4n) is 2.77. The lowest BCUT2D eigenvalue weighted by molar-refractivity contribution is -0.139. The Morgan fingerprint density at radius 1 is 1.24 bits per heavy atom. The molecule has 0 atom stereocenters. The second kappa shape index (κ2) is 6.57. The SMILES string of the molecule is CCOC(=O)/C(C(C)=O)=C(\C)N1CCCc2ccccc21. The highest BCUT2D eigenvalue weighted by atomic mass is 16.5. The number of carbonyl (C=O) groups is 2. The van der Waals surface area contributed by atoms with E-state index < -0.39 is 5.97 Å². The zero-order chi connectivity index (χ0) is 15.4. The number of esters is 1. The van der Waals surface area contributed by atoms with Gasteiger partial charge in [-0.1, -0.05) is 18.2 Å². The van der Waals surface area contributed by atoms with Crippen molar-refractivity contribution >= 4 is 17.4 Å². The first-order valence-electron chi connectivity index (χ1n) is 7.30. The van der Waals surface area contributed by atoms with Crippen molar-refractivity contribution in [2.75, 3.05) is 18.1 Å². The number of hydrogen-bond donors (Lipinski definition) is 0. The molecule has 4 nitrogen and oxygen atoms in total. The summed E-state index contributed by atoms with van der Waals surface area (Å²) in [6.45, 7) is 6.03. The zero-order valence-electron chi connectivity index (χ0n) is 12.8. The predicted molar refractivity (Wildman–Crippen MR) is 82.1 cm³/mol. The Kier molecular flexibility index (Phi) is 4.78. The lowest BCUT2D eigenvalue weighted by Gasteiger charge is -2.32. The maximum Gasteiger partial charge on any atom is 0.343 e. The van der Waals surface area contributed by atoms with Gasteiger partial charge in [-0.15, -0.1) is 0 Å². The Labute approximate surface area is 125 Å². The Morgan fingerprint density at radius 3 is 2.62 bits per heavy atom. The Hall–Kier alpha value is -2.10. The number of nitrogens with zero attached hydrogens (tertiary/aromatic N) is 1. The van der Waals surface area contributed by atoms with E-state index in [1.54, 1.807) is 6.92 Å². The van der Waals surface area contributed by atoms with Gasteiger partial charge in [0.1, 0.15) is 5.57 Å². The van der Waals surface area contributed by atoms with Crippen LogP contribution in [0.5, 0.6) is 0 Å². The van der Waals surface area contributed by atoms with Crippen molar-refractivity contribution in [3.8, 4) is 0 Å². The Bertz CT molecular complexity index is 589. The van der Waals surface area contributed by atoms with Crippen LogP contribution in [-0.2, 0) is 20.7 Å². The minimum absolute atomic E-state index is 0.147. The molecule has 1 aliphatic heterocycles. The van der Waals surface area contributed by atoms with Gasteiger partial charge < -0.3 is 9.64 Å². The van der Waals surface area contributed by atoms with Crippen LogP contribution in [0, 0.1) is 0 Å². The average molecular weight is 287 g/mol. The largest absolute Gasteiger partial charge is 0.462 e. The topological polar surface area (TPSA) is 46.6 Å². The quantitative estimate of drug-likeness (QED) is 0.370. The van der Waals surface area contributed by atoms with Gasteiger partial charge >= 0.3 is 5.97 Å². The number of anilines is 1. The van der Waals surface area contributed by atoms with Crippen LogP contribution in [0.4, 0.5) is 5.69 Å². The van der Waals surface area contributed by atoms with Crippen molar-refractivity contribution in [3.05, 3.63) is 41.1 Å². The third kappa shape index (κ3) is 3.15. The maximum atomic E-state index is 12.1. The molecule has 1 aliphatic rings. The molecule has 0 amide bonds. The minimum Gasteiger partial charge on any atom is -0.462 e. The molecule has 0 saturated carbocycles. The van der Waals surface area contributed by atoms with Crippen molar-refractivity contribution < 1.29 is 14.3 Å². The third-order valence-corrected chi connectivity index (χ3v) is 3.71. The molecule has 0 unspecified atom stereocenters. The fourth-order valence-corrected chi connectivity index (χ4v) is 2.77. The highest BCUT2D eigenvalue weighted by molar-refractivity contribution is 6.17. The van der Waals surface area contributed by atoms with E-state index in [4.69, 9.17) is 4.74 Å². The molecule has 0 spiro atoms. The van der Waals surface area contributed by atoms with Gasteiger partial charge in [0, 0.05) is 17.9 Å². The van der Waals surface area contributed by atoms with Gasteiger partial charge in [-0.05, 0) is 45.2 Å². The number of ketones is 1. The lowest BCUT2D eigenvalue weighted by Crippen LogP contribution is -2.31. The molecular weight excluding hydrogens is 266 g/mol. The second-order valence-corrected chi connectivity index (χ2v) is 5.12. The number of benzene rings is 1. The minimum atomic E-state index is -0.537. The number of Topliss-reactive ketones (excluding diaryl/α,β-unsaturated/α-hetero) is 1. The summed E-state index contributed by atoms with van der Waals surface area (Å²) in [5.74, 6) is -0.792. The van der Waals surface area contributed by atoms with Gasteiger partial charge in [-0.25, -0.2) is 4.79 Å². The van der Waals surface area contributed by atoms with Crippen molar-refractivity contribution in [3.63, 3.8) is 0 Å². The monoisotopic (exact) mass is 287 g/mol. The van der Waals surface area contributed by atoms with Crippen LogP contribution in [-0.4, -0.2) is 24.9 Å². The van der Waals surface area contributed by atoms with Crippen LogP contribution in [0.15, 0.2) is 35.5 Å². The van der Waals surface area contributed by atoms with Crippen LogP contribution >= 0.6 is 0 Å². The highest BCUT2D eigenvalue weighted by Gasteiger charge is 2.25. The van der Waals surface area contributed by atoms with Gasteiger partial charge in [0.25, 0.3) is 0 Å². The van der Waals surface area contributed by atoms with Crippen molar-refractivity contribution in [2.45, 2.75) is 33.6 Å². The van der Waals surface area contributed by atoms with E-state index in [0.29, 0.717) is 5.70 Å². The highest BCUT2D eigenvalue weighted by Crippen LogP contribution is 2.30. The van der Waals surface area contributed by atoms with E-state index in [9.17, 15) is 9.59 Å². The van der Waals surface area contributed by atoms with Gasteiger partial charge in [0.15, 0.2) is 5.78 Å². The van der Waals surface area contributed by atoms with Crippen LogP contribution in [0.1, 0.15) is 32.8 Å². The van der Waals surface area contributed by atoms with Crippen LogP contribution in [0.25, 0.3) is 0 Å². The summed E-state index contributed by atoms with van der Waals surface area (Å²) in [5.41, 5.74) is 3.14. The molecular formula is C17H21NO3. The first kappa shape index (κ1) is 15.3. The first-order valence-corrected chi connectivity index (χ1v) is 7.30. The molecule has 112 valence electrons. The smallest absolute Gasteiger partial charge is 0.343 e. The standard InChI is InChI=1S/C17H21NO3/c1-4-21-17(20)16(13(3)19)12(2)18-11-7-9-14-8-5-6-10-15(14)18/h5-6,8,10H,4,7,9,11H2,1-3H3/b16-12+. The molecule has 4 heteroatoms. The van der Waals surface area contributed by atoms with E-state index in [2.05, 4.69) is 6.07 Å². The molecule has 21 heavy (non-hydrogen) atoms. The summed E-state index contributed by atoms with van der Waals surface area (Å²) in [5, 5.41) is 0. The summed E-state index contributed by atoms with van der Waals surface area (Å²) in [4.78, 5) is 26.0. The van der Waals surface area contributed by atoms with Gasteiger partial charge in [-0.2, -0.15) is 0 Å². The number of fused-ring (bicyclic) bond motifs is 1. The Morgan fingerprint density at radius 2 is 1.95 bits per heavy atom. The van der Waals surface area contributed by atoms with Gasteiger partial charge in [-0.3, -0.25) is 4.79 Å². The van der Waals surface area contributed by atoms with Crippen molar-refractivity contribution in [1.29, 1.82) is 0 Å². The maximum absolute atomic E-state index is 12.1.